The average molecular weight is 285 g/mol. The van der Waals surface area contributed by atoms with Crippen molar-refractivity contribution in [2.24, 2.45) is 0 Å². The van der Waals surface area contributed by atoms with Crippen LogP contribution in [0.3, 0.4) is 0 Å². The van der Waals surface area contributed by atoms with Crippen molar-refractivity contribution in [3.8, 4) is 0 Å². The van der Waals surface area contributed by atoms with Crippen molar-refractivity contribution in [2.45, 2.75) is 6.92 Å². The molecule has 0 aliphatic rings. The van der Waals surface area contributed by atoms with Gasteiger partial charge in [-0.15, -0.1) is 0 Å². The number of anilines is 1. The lowest BCUT2D eigenvalue weighted by molar-refractivity contribution is 0.202. The number of rotatable bonds is 2. The average Bonchev–Trinajstić information content (AvgIpc) is 2.61. The minimum atomic E-state index is -1.02. The van der Waals surface area contributed by atoms with Crippen molar-refractivity contribution < 1.29 is 9.90 Å². The minimum Gasteiger partial charge on any atom is -0.465 e. The summed E-state index contributed by atoms with van der Waals surface area (Å²) in [6.07, 6.45) is 0.567. The summed E-state index contributed by atoms with van der Waals surface area (Å²) in [4.78, 5) is 16.2. The highest BCUT2D eigenvalue weighted by Gasteiger charge is 2.14. The van der Waals surface area contributed by atoms with Crippen LogP contribution in [0.5, 0.6) is 0 Å². The van der Waals surface area contributed by atoms with E-state index < -0.39 is 6.09 Å². The van der Waals surface area contributed by atoms with Gasteiger partial charge in [0.1, 0.15) is 10.4 Å². The molecular weight excluding hydrogens is 276 g/mol. The number of nitrogens with zero attached hydrogens (tertiary/aromatic N) is 3. The second-order valence-electron chi connectivity index (χ2n) is 3.13. The van der Waals surface area contributed by atoms with E-state index in [0.717, 1.165) is 15.8 Å². The molecule has 0 aliphatic heterocycles. The van der Waals surface area contributed by atoms with Crippen LogP contribution in [-0.4, -0.2) is 32.9 Å². The molecule has 0 atom stereocenters. The van der Waals surface area contributed by atoms with Crippen molar-refractivity contribution >= 4 is 38.7 Å². The second kappa shape index (κ2) is 4.09. The van der Waals surface area contributed by atoms with Gasteiger partial charge in [-0.05, 0) is 22.9 Å². The fourth-order valence-corrected chi connectivity index (χ4v) is 1.82. The number of hydrogen-bond donors (Lipinski definition) is 2. The molecule has 0 aliphatic carbocycles. The summed E-state index contributed by atoms with van der Waals surface area (Å²) in [5.74, 6) is 0.388. The molecule has 0 saturated heterocycles. The Balaban J connectivity index is 2.50. The molecule has 0 aromatic carbocycles. The second-order valence-corrected chi connectivity index (χ2v) is 3.88. The topological polar surface area (TPSA) is 82.1 Å². The summed E-state index contributed by atoms with van der Waals surface area (Å²) < 4.78 is 0.667. The lowest BCUT2D eigenvalue weighted by atomic mass is 10.3. The van der Waals surface area contributed by atoms with Crippen LogP contribution in [0.1, 0.15) is 6.92 Å². The molecule has 0 unspecified atom stereocenters. The quantitative estimate of drug-likeness (QED) is 0.886. The Morgan fingerprint density at radius 2 is 2.44 bits per heavy atom. The molecule has 0 fully saturated rings. The maximum absolute atomic E-state index is 10.9. The van der Waals surface area contributed by atoms with Gasteiger partial charge in [0.2, 0.25) is 0 Å². The first-order chi connectivity index (χ1) is 7.63. The van der Waals surface area contributed by atoms with E-state index in [1.54, 1.807) is 19.2 Å². The molecule has 2 heterocycles. The van der Waals surface area contributed by atoms with Crippen molar-refractivity contribution in [3.63, 3.8) is 0 Å². The van der Waals surface area contributed by atoms with E-state index in [1.807, 2.05) is 0 Å². The fraction of sp³-hybridized carbons (Fsp3) is 0.222. The van der Waals surface area contributed by atoms with Gasteiger partial charge in [0.25, 0.3) is 0 Å². The number of H-pyrrole nitrogens is 1. The van der Waals surface area contributed by atoms with Crippen LogP contribution in [-0.2, 0) is 0 Å². The summed E-state index contributed by atoms with van der Waals surface area (Å²) in [5.41, 5.74) is 0.747. The first-order valence-corrected chi connectivity index (χ1v) is 5.43. The Labute approximate surface area is 99.4 Å². The Hall–Kier alpha value is -1.63. The Bertz CT molecular complexity index is 539. The van der Waals surface area contributed by atoms with Crippen LogP contribution >= 0.6 is 15.9 Å². The lowest BCUT2D eigenvalue weighted by Gasteiger charge is -2.15. The summed E-state index contributed by atoms with van der Waals surface area (Å²) in [6, 6.07) is 1.66. The van der Waals surface area contributed by atoms with Gasteiger partial charge in [-0.1, -0.05) is 0 Å². The van der Waals surface area contributed by atoms with Crippen molar-refractivity contribution in [3.05, 3.63) is 16.9 Å². The summed E-state index contributed by atoms with van der Waals surface area (Å²) in [6.45, 7) is 2.10. The molecule has 1 amide bonds. The smallest absolute Gasteiger partial charge is 0.412 e. The highest BCUT2D eigenvalue weighted by molar-refractivity contribution is 9.10. The number of hydrogen-bond acceptors (Lipinski definition) is 3. The number of pyridine rings is 1. The minimum absolute atomic E-state index is 0.350. The molecule has 0 bridgehead atoms. The third-order valence-corrected chi connectivity index (χ3v) is 2.81. The van der Waals surface area contributed by atoms with E-state index in [1.165, 1.54) is 0 Å². The highest BCUT2D eigenvalue weighted by Crippen LogP contribution is 2.23. The molecule has 2 aromatic rings. The number of nitrogens with one attached hydrogen (secondary N) is 1. The van der Waals surface area contributed by atoms with E-state index in [2.05, 4.69) is 31.1 Å². The predicted molar refractivity (Wildman–Crippen MR) is 62.6 cm³/mol. The maximum atomic E-state index is 10.9. The summed E-state index contributed by atoms with van der Waals surface area (Å²) in [7, 11) is 0. The lowest BCUT2D eigenvalue weighted by Crippen LogP contribution is -2.29. The molecular formula is C9H9BrN4O2. The van der Waals surface area contributed by atoms with Gasteiger partial charge in [0.05, 0.1) is 10.9 Å². The van der Waals surface area contributed by atoms with Crippen molar-refractivity contribution in [1.82, 2.24) is 15.2 Å². The number of aromatic nitrogens is 3. The van der Waals surface area contributed by atoms with Gasteiger partial charge in [-0.3, -0.25) is 10.00 Å². The van der Waals surface area contributed by atoms with E-state index >= 15 is 0 Å². The van der Waals surface area contributed by atoms with E-state index in [4.69, 9.17) is 5.11 Å². The number of carboxylic acid groups (broad SMARTS) is 1. The first kappa shape index (κ1) is 10.9. The van der Waals surface area contributed by atoms with Gasteiger partial charge in [-0.25, -0.2) is 9.78 Å². The van der Waals surface area contributed by atoms with Crippen molar-refractivity contribution in [1.29, 1.82) is 0 Å². The van der Waals surface area contributed by atoms with Gasteiger partial charge < -0.3 is 5.11 Å². The molecule has 2 N–H and O–H groups in total. The zero-order valence-electron chi connectivity index (χ0n) is 8.44. The Morgan fingerprint density at radius 1 is 1.69 bits per heavy atom. The van der Waals surface area contributed by atoms with Crippen LogP contribution in [0.15, 0.2) is 16.9 Å². The third kappa shape index (κ3) is 1.73. The highest BCUT2D eigenvalue weighted by atomic mass is 79.9. The Kier molecular flexibility index (Phi) is 2.78. The number of amides is 1. The molecule has 0 saturated carbocycles. The number of halogens is 1. The number of aromatic amines is 1. The first-order valence-electron chi connectivity index (χ1n) is 4.63. The van der Waals surface area contributed by atoms with Crippen molar-refractivity contribution in [2.75, 3.05) is 11.4 Å². The standard InChI is InChI=1S/C9H9BrN4O2/c1-2-14(9(15)16)7-3-6-5(4-11-7)8(10)13-12-6/h3-4H,2H2,1H3,(H,12,13)(H,15,16). The number of fused-ring (bicyclic) bond motifs is 1. The van der Waals surface area contributed by atoms with Crippen LogP contribution in [0.25, 0.3) is 10.9 Å². The monoisotopic (exact) mass is 284 g/mol. The Morgan fingerprint density at radius 3 is 3.06 bits per heavy atom. The van der Waals surface area contributed by atoms with Gasteiger partial charge in [0.15, 0.2) is 0 Å². The summed E-state index contributed by atoms with van der Waals surface area (Å²) >= 11 is 3.26. The molecule has 0 spiro atoms. The zero-order valence-corrected chi connectivity index (χ0v) is 10.0. The van der Waals surface area contributed by atoms with E-state index in [9.17, 15) is 4.79 Å². The van der Waals surface area contributed by atoms with Crippen LogP contribution in [0, 0.1) is 0 Å². The van der Waals surface area contributed by atoms with E-state index in [-0.39, 0.29) is 0 Å². The molecule has 2 rings (SSSR count). The molecule has 0 radical (unpaired) electrons. The third-order valence-electron chi connectivity index (χ3n) is 2.21. The predicted octanol–water partition coefficient (Wildman–Crippen LogP) is 2.22. The van der Waals surface area contributed by atoms with Crippen LogP contribution in [0.2, 0.25) is 0 Å². The summed E-state index contributed by atoms with van der Waals surface area (Å²) in [5, 5.41) is 16.5. The van der Waals surface area contributed by atoms with Gasteiger partial charge in [-0.2, -0.15) is 5.10 Å². The molecule has 84 valence electrons. The fourth-order valence-electron chi connectivity index (χ4n) is 1.41. The molecule has 6 nitrogen and oxygen atoms in total. The van der Waals surface area contributed by atoms with Crippen LogP contribution in [0.4, 0.5) is 10.6 Å². The zero-order chi connectivity index (χ0) is 11.7. The molecule has 16 heavy (non-hydrogen) atoms. The van der Waals surface area contributed by atoms with Gasteiger partial charge >= 0.3 is 6.09 Å². The van der Waals surface area contributed by atoms with Gasteiger partial charge in [0, 0.05) is 18.8 Å². The van der Waals surface area contributed by atoms with Crippen LogP contribution < -0.4 is 4.90 Å². The normalized spacial score (nSPS) is 10.6. The molecule has 7 heteroatoms. The number of carbonyl (C=O) groups is 1. The van der Waals surface area contributed by atoms with E-state index in [0.29, 0.717) is 17.0 Å². The maximum Gasteiger partial charge on any atom is 0.412 e. The largest absolute Gasteiger partial charge is 0.465 e. The molecule has 2 aromatic heterocycles. The SMILES string of the molecule is CCN(C(=O)O)c1cc2[nH]nc(Br)c2cn1.